The molecule has 2 heterocycles. The van der Waals surface area contributed by atoms with E-state index in [1.165, 1.54) is 11.1 Å². The Balaban J connectivity index is 0.908. The number of anilines is 2. The summed E-state index contributed by atoms with van der Waals surface area (Å²) in [5, 5.41) is 4.33. The topological polar surface area (TPSA) is 49.7 Å². The Morgan fingerprint density at radius 1 is 0.420 bits per heavy atom. The molecule has 0 fully saturated rings. The molecule has 0 saturated heterocycles. The lowest BCUT2D eigenvalue weighted by atomic mass is 10.0. The second-order valence-corrected chi connectivity index (χ2v) is 12.6. The smallest absolute Gasteiger partial charge is 0.161 e. The molecule has 0 unspecified atom stereocenters. The summed E-state index contributed by atoms with van der Waals surface area (Å²) in [6.45, 7) is 2.65. The normalized spacial score (nSPS) is 14.2. The minimum Gasteiger partial charge on any atom is -0.472 e. The highest BCUT2D eigenvalue weighted by Crippen LogP contribution is 2.40. The molecule has 0 aliphatic carbocycles. The molecule has 9 rings (SSSR count). The van der Waals surface area contributed by atoms with Gasteiger partial charge in [-0.25, -0.2) is 0 Å². The van der Waals surface area contributed by atoms with Crippen LogP contribution in [-0.4, -0.2) is 25.9 Å². The molecule has 2 aliphatic heterocycles. The fraction of sp³-hybridized carbons (Fsp3) is 0.0909. The van der Waals surface area contributed by atoms with E-state index in [9.17, 15) is 0 Å². The van der Waals surface area contributed by atoms with Gasteiger partial charge in [0.1, 0.15) is 11.5 Å². The van der Waals surface area contributed by atoms with Crippen LogP contribution in [0.2, 0.25) is 0 Å². The highest BCUT2D eigenvalue weighted by atomic mass is 16.5. The molecule has 7 aromatic carbocycles. The highest BCUT2D eigenvalue weighted by molar-refractivity contribution is 6.01. The minimum atomic E-state index is 0.518. The summed E-state index contributed by atoms with van der Waals surface area (Å²) >= 11 is 0. The van der Waals surface area contributed by atoms with Gasteiger partial charge in [0.2, 0.25) is 0 Å². The monoisotopic (exact) mass is 650 g/mol. The first kappa shape index (κ1) is 29.7. The van der Waals surface area contributed by atoms with Crippen LogP contribution in [0.25, 0.3) is 21.5 Å². The molecule has 0 radical (unpaired) electrons. The third-order valence-electron chi connectivity index (χ3n) is 9.48. The van der Waals surface area contributed by atoms with Crippen molar-refractivity contribution >= 4 is 56.7 Å². The van der Waals surface area contributed by atoms with Crippen molar-refractivity contribution in [2.24, 2.45) is 9.98 Å². The quantitative estimate of drug-likeness (QED) is 0.168. The van der Waals surface area contributed by atoms with Crippen LogP contribution < -0.4 is 19.3 Å². The molecule has 7 aromatic rings. The lowest BCUT2D eigenvalue weighted by Crippen LogP contribution is -2.31. The maximum absolute atomic E-state index is 6.31. The number of para-hydroxylation sites is 2. The molecule has 0 spiro atoms. The van der Waals surface area contributed by atoms with Gasteiger partial charge in [-0.3, -0.25) is 9.98 Å². The van der Waals surface area contributed by atoms with Gasteiger partial charge in [0.15, 0.2) is 13.5 Å². The number of nitrogens with zero attached hydrogens (tertiary/aromatic N) is 4. The molecule has 0 atom stereocenters. The van der Waals surface area contributed by atoms with E-state index in [2.05, 4.69) is 143 Å². The number of ether oxygens (including phenoxy) is 2. The molecule has 6 heteroatoms. The summed E-state index contributed by atoms with van der Waals surface area (Å²) in [5.41, 5.74) is 8.55. The highest BCUT2D eigenvalue weighted by Gasteiger charge is 2.22. The molecule has 2 aliphatic rings. The van der Waals surface area contributed by atoms with E-state index in [0.29, 0.717) is 13.5 Å². The maximum atomic E-state index is 6.31. The van der Waals surface area contributed by atoms with Crippen LogP contribution in [0.15, 0.2) is 156 Å². The van der Waals surface area contributed by atoms with Gasteiger partial charge in [0, 0.05) is 69.6 Å². The predicted molar refractivity (Wildman–Crippen MR) is 205 cm³/mol. The Hall–Kier alpha value is -6.40. The molecule has 0 aromatic heterocycles. The van der Waals surface area contributed by atoms with E-state index < -0.39 is 0 Å². The number of benzene rings is 7. The first-order valence-electron chi connectivity index (χ1n) is 16.9. The van der Waals surface area contributed by atoms with Crippen LogP contribution in [0.1, 0.15) is 22.3 Å². The van der Waals surface area contributed by atoms with Gasteiger partial charge in [-0.2, -0.15) is 0 Å². The van der Waals surface area contributed by atoms with Gasteiger partial charge >= 0.3 is 0 Å². The van der Waals surface area contributed by atoms with Crippen molar-refractivity contribution in [3.05, 3.63) is 168 Å². The van der Waals surface area contributed by atoms with Crippen LogP contribution in [0, 0.1) is 0 Å². The average Bonchev–Trinajstić information content (AvgIpc) is 3.19. The second kappa shape index (κ2) is 12.9. The van der Waals surface area contributed by atoms with Crippen LogP contribution in [0.4, 0.5) is 22.7 Å². The minimum absolute atomic E-state index is 0.518. The molecule has 242 valence electrons. The third-order valence-corrected chi connectivity index (χ3v) is 9.48. The fourth-order valence-electron chi connectivity index (χ4n) is 6.89. The second-order valence-electron chi connectivity index (χ2n) is 12.6. The first-order valence-corrected chi connectivity index (χ1v) is 16.9. The Labute approximate surface area is 291 Å². The molecular weight excluding hydrogens is 617 g/mol. The van der Waals surface area contributed by atoms with Crippen molar-refractivity contribution in [2.45, 2.75) is 13.1 Å². The zero-order valence-corrected chi connectivity index (χ0v) is 27.4. The summed E-state index contributed by atoms with van der Waals surface area (Å²) in [7, 11) is 0. The first-order chi connectivity index (χ1) is 24.8. The van der Waals surface area contributed by atoms with Gasteiger partial charge in [0.25, 0.3) is 0 Å². The number of fused-ring (bicyclic) bond motifs is 6. The van der Waals surface area contributed by atoms with Crippen LogP contribution in [-0.2, 0) is 13.1 Å². The number of hydrogen-bond donors (Lipinski definition) is 0. The maximum Gasteiger partial charge on any atom is 0.161 e. The third kappa shape index (κ3) is 5.71. The van der Waals surface area contributed by atoms with E-state index in [1.807, 2.05) is 24.6 Å². The molecule has 0 bridgehead atoms. The van der Waals surface area contributed by atoms with Crippen molar-refractivity contribution < 1.29 is 9.47 Å². The summed E-state index contributed by atoms with van der Waals surface area (Å²) in [5.74, 6) is 1.90. The molecule has 0 saturated carbocycles. The number of aliphatic imine (C=N–C) groups is 2. The predicted octanol–water partition coefficient (Wildman–Crippen LogP) is 10.2. The lowest BCUT2D eigenvalue weighted by molar-refractivity contribution is 0.293. The van der Waals surface area contributed by atoms with Crippen molar-refractivity contribution in [1.29, 1.82) is 0 Å². The van der Waals surface area contributed by atoms with Gasteiger partial charge in [-0.1, -0.05) is 109 Å². The molecule has 6 nitrogen and oxygen atoms in total. The van der Waals surface area contributed by atoms with Crippen molar-refractivity contribution in [2.75, 3.05) is 23.3 Å². The summed E-state index contributed by atoms with van der Waals surface area (Å²) in [4.78, 5) is 14.3. The Kier molecular flexibility index (Phi) is 7.67. The van der Waals surface area contributed by atoms with Crippen molar-refractivity contribution in [1.82, 2.24) is 0 Å². The Morgan fingerprint density at radius 3 is 1.30 bits per heavy atom. The van der Waals surface area contributed by atoms with E-state index in [1.54, 1.807) is 0 Å². The van der Waals surface area contributed by atoms with Gasteiger partial charge in [-0.15, -0.1) is 0 Å². The zero-order chi connectivity index (χ0) is 33.3. The molecule has 0 amide bonds. The van der Waals surface area contributed by atoms with E-state index in [-0.39, 0.29) is 0 Å². The molecule has 50 heavy (non-hydrogen) atoms. The Morgan fingerprint density at radius 2 is 0.860 bits per heavy atom. The lowest BCUT2D eigenvalue weighted by Gasteiger charge is -2.31. The largest absolute Gasteiger partial charge is 0.472 e. The van der Waals surface area contributed by atoms with Crippen LogP contribution in [0.3, 0.4) is 0 Å². The molecule has 0 N–H and O–H groups in total. The van der Waals surface area contributed by atoms with Crippen molar-refractivity contribution in [3.63, 3.8) is 0 Å². The van der Waals surface area contributed by atoms with Crippen molar-refractivity contribution in [3.8, 4) is 11.5 Å². The fourth-order valence-corrected chi connectivity index (χ4v) is 6.89. The van der Waals surface area contributed by atoms with Gasteiger partial charge in [-0.05, 0) is 47.5 Å². The average molecular weight is 651 g/mol. The summed E-state index contributed by atoms with van der Waals surface area (Å²) < 4.78 is 12.6. The van der Waals surface area contributed by atoms with Crippen LogP contribution >= 0.6 is 0 Å². The standard InChI is InChI=1S/C44H34N4O2/c1-3-9-35(10-4-1)47-27-33-21-23-37-39(43(33)49-29-47)13-7-15-41(37)45-25-31-17-19-32(20-18-31)26-46-42-16-8-14-40-38(42)24-22-34-28-48(30-50-44(34)40)36-11-5-2-6-12-36/h1-26H,27-30H2. The zero-order valence-electron chi connectivity index (χ0n) is 27.4. The molecular formula is C44H34N4O2. The summed E-state index contributed by atoms with van der Waals surface area (Å²) in [6, 6.07) is 50.2. The van der Waals surface area contributed by atoms with E-state index >= 15 is 0 Å². The van der Waals surface area contributed by atoms with Gasteiger partial charge in [0.05, 0.1) is 11.4 Å². The van der Waals surface area contributed by atoms with E-state index in [4.69, 9.17) is 19.5 Å². The number of rotatable bonds is 6. The van der Waals surface area contributed by atoms with E-state index in [0.717, 1.165) is 80.0 Å². The SMILES string of the molecule is C(=Nc1cccc2c3c(ccc12)CN(c1ccccc1)CO3)c1ccc(C=Nc2cccc3c4c(ccc23)CN(c2ccccc2)CO4)cc1. The Bertz CT molecular complexity index is 2220. The summed E-state index contributed by atoms with van der Waals surface area (Å²) in [6.07, 6.45) is 3.83. The number of hydrogen-bond acceptors (Lipinski definition) is 6. The van der Waals surface area contributed by atoms with Crippen LogP contribution in [0.5, 0.6) is 11.5 Å². The van der Waals surface area contributed by atoms with Gasteiger partial charge < -0.3 is 19.3 Å².